The third kappa shape index (κ3) is 4.55. The number of ketones is 1. The van der Waals surface area contributed by atoms with Gasteiger partial charge in [0.05, 0.1) is 42.7 Å². The van der Waals surface area contributed by atoms with E-state index in [2.05, 4.69) is 38.7 Å². The molecule has 0 fully saturated rings. The number of halogens is 1. The number of hydrogen-bond acceptors (Lipinski definition) is 6. The third-order valence-electron chi connectivity index (χ3n) is 6.79. The van der Waals surface area contributed by atoms with Crippen LogP contribution in [0, 0.1) is 0 Å². The Morgan fingerprint density at radius 3 is 2.36 bits per heavy atom. The SMILES string of the molecule is CCOc1ccc(C2CC(=O)C3=C(C2)Nc2ccccc2NC3c2cc(OC)c(Br)cc2OC)cc1. The van der Waals surface area contributed by atoms with Gasteiger partial charge in [0.2, 0.25) is 0 Å². The van der Waals surface area contributed by atoms with Crippen LogP contribution in [0.5, 0.6) is 17.2 Å². The molecule has 0 amide bonds. The second-order valence-corrected chi connectivity index (χ2v) is 9.75. The van der Waals surface area contributed by atoms with E-state index in [0.29, 0.717) is 24.5 Å². The number of Topliss-reactive ketones (excluding diaryl/α,β-unsaturated/α-hetero) is 1. The lowest BCUT2D eigenvalue weighted by molar-refractivity contribution is -0.116. The van der Waals surface area contributed by atoms with Crippen LogP contribution < -0.4 is 24.8 Å². The van der Waals surface area contributed by atoms with E-state index in [1.807, 2.05) is 55.5 Å². The van der Waals surface area contributed by atoms with Crippen molar-refractivity contribution >= 4 is 33.1 Å². The van der Waals surface area contributed by atoms with Crippen LogP contribution in [0.3, 0.4) is 0 Å². The lowest BCUT2D eigenvalue weighted by Gasteiger charge is -2.30. The summed E-state index contributed by atoms with van der Waals surface area (Å²) in [6.45, 7) is 2.59. The molecule has 186 valence electrons. The van der Waals surface area contributed by atoms with Gasteiger partial charge in [0, 0.05) is 23.3 Å². The molecule has 3 aromatic rings. The van der Waals surface area contributed by atoms with Crippen LogP contribution in [0.1, 0.15) is 42.9 Å². The molecule has 1 aliphatic heterocycles. The van der Waals surface area contributed by atoms with Gasteiger partial charge in [-0.15, -0.1) is 0 Å². The van der Waals surface area contributed by atoms with Crippen LogP contribution in [-0.2, 0) is 4.79 Å². The molecule has 7 heteroatoms. The Hall–Kier alpha value is -3.45. The standard InChI is InChI=1S/C29H29BrN2O4/c1-4-36-19-11-9-17(10-12-19)18-13-24-28(25(33)14-18)29(32-23-8-6-5-7-22(23)31-24)20-15-27(35-3)21(30)16-26(20)34-2/h5-12,15-16,18,29,31-32H,4,13-14H2,1-3H3. The van der Waals surface area contributed by atoms with Crippen molar-refractivity contribution in [1.29, 1.82) is 0 Å². The van der Waals surface area contributed by atoms with Crippen molar-refractivity contribution in [1.82, 2.24) is 0 Å². The number of carbonyl (C=O) groups excluding carboxylic acids is 1. The summed E-state index contributed by atoms with van der Waals surface area (Å²) in [4.78, 5) is 13.8. The summed E-state index contributed by atoms with van der Waals surface area (Å²) in [5, 5.41) is 7.21. The first-order chi connectivity index (χ1) is 17.5. The molecule has 0 radical (unpaired) electrons. The van der Waals surface area contributed by atoms with E-state index in [1.54, 1.807) is 14.2 Å². The first-order valence-corrected chi connectivity index (χ1v) is 12.8. The monoisotopic (exact) mass is 548 g/mol. The number of hydrogen-bond donors (Lipinski definition) is 2. The molecule has 6 nitrogen and oxygen atoms in total. The largest absolute Gasteiger partial charge is 0.496 e. The fraction of sp³-hybridized carbons (Fsp3) is 0.276. The topological polar surface area (TPSA) is 68.8 Å². The van der Waals surface area contributed by atoms with E-state index in [1.165, 1.54) is 0 Å². The third-order valence-corrected chi connectivity index (χ3v) is 7.41. The molecule has 3 aromatic carbocycles. The number of carbonyl (C=O) groups is 1. The van der Waals surface area contributed by atoms with Gasteiger partial charge in [-0.3, -0.25) is 4.79 Å². The molecule has 2 unspecified atom stereocenters. The summed E-state index contributed by atoms with van der Waals surface area (Å²) in [7, 11) is 3.27. The summed E-state index contributed by atoms with van der Waals surface area (Å²) < 4.78 is 17.7. The summed E-state index contributed by atoms with van der Waals surface area (Å²) in [5.74, 6) is 2.37. The first-order valence-electron chi connectivity index (χ1n) is 12.0. The van der Waals surface area contributed by atoms with Crippen molar-refractivity contribution in [3.63, 3.8) is 0 Å². The Morgan fingerprint density at radius 2 is 1.67 bits per heavy atom. The highest BCUT2D eigenvalue weighted by atomic mass is 79.9. The summed E-state index contributed by atoms with van der Waals surface area (Å²) >= 11 is 3.55. The highest BCUT2D eigenvalue weighted by molar-refractivity contribution is 9.10. The Kier molecular flexibility index (Phi) is 6.92. The number of ether oxygens (including phenoxy) is 3. The van der Waals surface area contributed by atoms with E-state index in [4.69, 9.17) is 14.2 Å². The maximum absolute atomic E-state index is 13.8. The van der Waals surface area contributed by atoms with Crippen LogP contribution >= 0.6 is 15.9 Å². The van der Waals surface area contributed by atoms with E-state index < -0.39 is 6.04 Å². The molecule has 36 heavy (non-hydrogen) atoms. The minimum absolute atomic E-state index is 0.0756. The number of allylic oxidation sites excluding steroid dienone is 1. The first kappa shape index (κ1) is 24.3. The number of para-hydroxylation sites is 2. The van der Waals surface area contributed by atoms with Crippen molar-refractivity contribution in [3.8, 4) is 17.2 Å². The average molecular weight is 549 g/mol. The Labute approximate surface area is 219 Å². The number of methoxy groups -OCH3 is 2. The van der Waals surface area contributed by atoms with Crippen LogP contribution in [-0.4, -0.2) is 26.6 Å². The van der Waals surface area contributed by atoms with Gasteiger partial charge in [0.1, 0.15) is 17.2 Å². The molecule has 1 aliphatic carbocycles. The highest BCUT2D eigenvalue weighted by Crippen LogP contribution is 2.47. The van der Waals surface area contributed by atoms with Gasteiger partial charge in [-0.25, -0.2) is 0 Å². The predicted octanol–water partition coefficient (Wildman–Crippen LogP) is 6.84. The number of benzene rings is 3. The molecule has 0 saturated carbocycles. The maximum Gasteiger partial charge on any atom is 0.163 e. The predicted molar refractivity (Wildman–Crippen MR) is 145 cm³/mol. The normalized spacial score (nSPS) is 18.8. The molecule has 1 heterocycles. The number of fused-ring (bicyclic) bond motifs is 1. The fourth-order valence-corrected chi connectivity index (χ4v) is 5.56. The van der Waals surface area contributed by atoms with Crippen molar-refractivity contribution < 1.29 is 19.0 Å². The summed E-state index contributed by atoms with van der Waals surface area (Å²) in [6.07, 6.45) is 1.15. The number of rotatable bonds is 6. The van der Waals surface area contributed by atoms with Crippen LogP contribution in [0.25, 0.3) is 0 Å². The second-order valence-electron chi connectivity index (χ2n) is 8.90. The van der Waals surface area contributed by atoms with Gasteiger partial charge in [-0.1, -0.05) is 24.3 Å². The quantitative estimate of drug-likeness (QED) is 0.351. The summed E-state index contributed by atoms with van der Waals surface area (Å²) in [5.41, 5.74) is 5.50. The smallest absolute Gasteiger partial charge is 0.163 e. The van der Waals surface area contributed by atoms with E-state index >= 15 is 0 Å². The van der Waals surface area contributed by atoms with E-state index in [9.17, 15) is 4.79 Å². The van der Waals surface area contributed by atoms with Gasteiger partial charge < -0.3 is 24.8 Å². The van der Waals surface area contributed by atoms with Crippen LogP contribution in [0.2, 0.25) is 0 Å². The fourth-order valence-electron chi connectivity index (χ4n) is 5.07. The zero-order valence-electron chi connectivity index (χ0n) is 20.6. The molecule has 2 aliphatic rings. The lowest BCUT2D eigenvalue weighted by Crippen LogP contribution is -2.27. The van der Waals surface area contributed by atoms with Gasteiger partial charge in [0.25, 0.3) is 0 Å². The van der Waals surface area contributed by atoms with Crippen molar-refractivity contribution in [2.24, 2.45) is 0 Å². The zero-order valence-corrected chi connectivity index (χ0v) is 22.1. The van der Waals surface area contributed by atoms with Crippen LogP contribution in [0.4, 0.5) is 11.4 Å². The zero-order chi connectivity index (χ0) is 25.2. The maximum atomic E-state index is 13.8. The Bertz CT molecular complexity index is 1320. The average Bonchev–Trinajstić information content (AvgIpc) is 3.06. The van der Waals surface area contributed by atoms with Gasteiger partial charge in [-0.05, 0) is 77.2 Å². The Morgan fingerprint density at radius 1 is 0.944 bits per heavy atom. The van der Waals surface area contributed by atoms with Crippen LogP contribution in [0.15, 0.2) is 76.4 Å². The molecule has 2 N–H and O–H groups in total. The Balaban J connectivity index is 1.60. The molecule has 0 saturated heterocycles. The molecule has 0 spiro atoms. The van der Waals surface area contributed by atoms with E-state index in [0.717, 1.165) is 50.4 Å². The molecule has 5 rings (SSSR count). The van der Waals surface area contributed by atoms with Gasteiger partial charge >= 0.3 is 0 Å². The molecule has 0 bridgehead atoms. The molecular weight excluding hydrogens is 520 g/mol. The lowest BCUT2D eigenvalue weighted by atomic mass is 9.78. The molecule has 0 aromatic heterocycles. The molecule has 2 atom stereocenters. The van der Waals surface area contributed by atoms with Crippen molar-refractivity contribution in [2.45, 2.75) is 31.7 Å². The van der Waals surface area contributed by atoms with Crippen molar-refractivity contribution in [2.75, 3.05) is 31.5 Å². The minimum atomic E-state index is -0.401. The van der Waals surface area contributed by atoms with Gasteiger partial charge in [0.15, 0.2) is 5.78 Å². The summed E-state index contributed by atoms with van der Waals surface area (Å²) in [6, 6.07) is 19.5. The number of nitrogens with one attached hydrogen (secondary N) is 2. The second kappa shape index (κ2) is 10.3. The highest BCUT2D eigenvalue weighted by Gasteiger charge is 2.37. The number of anilines is 2. The molecular formula is C29H29BrN2O4. The van der Waals surface area contributed by atoms with E-state index in [-0.39, 0.29) is 11.7 Å². The minimum Gasteiger partial charge on any atom is -0.496 e. The van der Waals surface area contributed by atoms with Gasteiger partial charge in [-0.2, -0.15) is 0 Å². The van der Waals surface area contributed by atoms with Crippen molar-refractivity contribution in [3.05, 3.63) is 87.5 Å².